The van der Waals surface area contributed by atoms with E-state index < -0.39 is 0 Å². The zero-order chi connectivity index (χ0) is 9.68. The Morgan fingerprint density at radius 1 is 1.08 bits per heavy atom. The first-order valence-electron chi connectivity index (χ1n) is 6.24. The fourth-order valence-corrected chi connectivity index (χ4v) is 2.30. The second-order valence-electron chi connectivity index (χ2n) is 5.12. The third-order valence-corrected chi connectivity index (χ3v) is 3.97. The summed E-state index contributed by atoms with van der Waals surface area (Å²) in [4.78, 5) is 0. The Labute approximate surface area is 84.1 Å². The van der Waals surface area contributed by atoms with Crippen molar-refractivity contribution in [2.24, 2.45) is 17.8 Å². The van der Waals surface area contributed by atoms with Gasteiger partial charge in [-0.1, -0.05) is 65.7 Å². The molecule has 0 bridgehead atoms. The number of rotatable bonds is 6. The van der Waals surface area contributed by atoms with E-state index >= 15 is 0 Å². The molecule has 0 aromatic rings. The largest absolute Gasteiger partial charge is 0.0654 e. The summed E-state index contributed by atoms with van der Waals surface area (Å²) in [5, 5.41) is 0. The van der Waals surface area contributed by atoms with E-state index in [9.17, 15) is 0 Å². The molecule has 0 spiro atoms. The van der Waals surface area contributed by atoms with E-state index in [1.165, 1.54) is 44.9 Å². The lowest BCUT2D eigenvalue weighted by Gasteiger charge is -2.28. The maximum Gasteiger partial charge on any atom is -0.0414 e. The van der Waals surface area contributed by atoms with Crippen LogP contribution in [0.3, 0.4) is 0 Å². The molecule has 0 N–H and O–H groups in total. The van der Waals surface area contributed by atoms with Gasteiger partial charge in [-0.15, -0.1) is 0 Å². The minimum atomic E-state index is 0.949. The highest BCUT2D eigenvalue weighted by atomic mass is 14.2. The second-order valence-corrected chi connectivity index (χ2v) is 5.12. The number of hydrogen-bond donors (Lipinski definition) is 0. The van der Waals surface area contributed by atoms with E-state index in [2.05, 4.69) is 20.8 Å². The smallest absolute Gasteiger partial charge is 0.0414 e. The Balaban J connectivity index is 2.04. The second kappa shape index (κ2) is 5.67. The summed E-state index contributed by atoms with van der Waals surface area (Å²) in [5.41, 5.74) is 0. The summed E-state index contributed by atoms with van der Waals surface area (Å²) in [7, 11) is 0. The van der Waals surface area contributed by atoms with Gasteiger partial charge in [0.1, 0.15) is 0 Å². The lowest BCUT2D eigenvalue weighted by atomic mass is 9.78. The van der Waals surface area contributed by atoms with Crippen molar-refractivity contribution in [2.75, 3.05) is 0 Å². The van der Waals surface area contributed by atoms with Gasteiger partial charge in [-0.3, -0.25) is 0 Å². The standard InChI is InChI=1S/C13H26/c1-4-6-11(2)12(3)9-10-13-7-5-8-13/h11-13H,4-10H2,1-3H3. The minimum Gasteiger partial charge on any atom is -0.0654 e. The van der Waals surface area contributed by atoms with Crippen LogP contribution < -0.4 is 0 Å². The summed E-state index contributed by atoms with van der Waals surface area (Å²) in [6, 6.07) is 0. The maximum atomic E-state index is 2.44. The normalized spacial score (nSPS) is 22.4. The minimum absolute atomic E-state index is 0.949. The molecule has 13 heavy (non-hydrogen) atoms. The molecule has 0 aromatic carbocycles. The van der Waals surface area contributed by atoms with Crippen LogP contribution in [0.1, 0.15) is 65.7 Å². The van der Waals surface area contributed by atoms with E-state index in [4.69, 9.17) is 0 Å². The zero-order valence-corrected chi connectivity index (χ0v) is 9.68. The molecule has 2 unspecified atom stereocenters. The highest BCUT2D eigenvalue weighted by molar-refractivity contribution is 4.71. The topological polar surface area (TPSA) is 0 Å². The van der Waals surface area contributed by atoms with Crippen molar-refractivity contribution in [1.29, 1.82) is 0 Å². The van der Waals surface area contributed by atoms with E-state index in [1.54, 1.807) is 0 Å². The van der Waals surface area contributed by atoms with Crippen LogP contribution in [0.25, 0.3) is 0 Å². The van der Waals surface area contributed by atoms with Crippen molar-refractivity contribution in [3.63, 3.8) is 0 Å². The molecule has 1 rings (SSSR count). The molecule has 0 aromatic heterocycles. The molecule has 0 amide bonds. The van der Waals surface area contributed by atoms with Gasteiger partial charge in [0, 0.05) is 0 Å². The molecule has 0 radical (unpaired) electrons. The lowest BCUT2D eigenvalue weighted by molar-refractivity contribution is 0.246. The van der Waals surface area contributed by atoms with Gasteiger partial charge in [-0.2, -0.15) is 0 Å². The first-order chi connectivity index (χ1) is 6.24. The summed E-state index contributed by atoms with van der Waals surface area (Å²) in [6.45, 7) is 7.17. The van der Waals surface area contributed by atoms with Crippen molar-refractivity contribution in [3.05, 3.63) is 0 Å². The Morgan fingerprint density at radius 2 is 1.69 bits per heavy atom. The van der Waals surface area contributed by atoms with Crippen LogP contribution in [0.15, 0.2) is 0 Å². The molecular formula is C13H26. The third kappa shape index (κ3) is 3.70. The molecule has 1 saturated carbocycles. The van der Waals surface area contributed by atoms with E-state index in [-0.39, 0.29) is 0 Å². The Hall–Kier alpha value is 0. The van der Waals surface area contributed by atoms with Crippen LogP contribution in [0.2, 0.25) is 0 Å². The summed E-state index contributed by atoms with van der Waals surface area (Å²) in [6.07, 6.45) is 10.3. The van der Waals surface area contributed by atoms with Crippen molar-refractivity contribution in [2.45, 2.75) is 65.7 Å². The molecule has 0 saturated heterocycles. The van der Waals surface area contributed by atoms with E-state index in [0.29, 0.717) is 0 Å². The molecule has 0 heteroatoms. The molecule has 1 aliphatic carbocycles. The predicted octanol–water partition coefficient (Wildman–Crippen LogP) is 4.64. The molecule has 0 heterocycles. The van der Waals surface area contributed by atoms with Crippen molar-refractivity contribution < 1.29 is 0 Å². The number of hydrogen-bond acceptors (Lipinski definition) is 0. The molecule has 1 fully saturated rings. The van der Waals surface area contributed by atoms with Crippen LogP contribution >= 0.6 is 0 Å². The fraction of sp³-hybridized carbons (Fsp3) is 1.00. The van der Waals surface area contributed by atoms with Crippen molar-refractivity contribution >= 4 is 0 Å². The quantitative estimate of drug-likeness (QED) is 0.561. The van der Waals surface area contributed by atoms with Gasteiger partial charge >= 0.3 is 0 Å². The molecule has 0 nitrogen and oxygen atoms in total. The molecule has 0 aliphatic heterocycles. The van der Waals surface area contributed by atoms with Crippen LogP contribution in [-0.4, -0.2) is 0 Å². The van der Waals surface area contributed by atoms with E-state index in [0.717, 1.165) is 17.8 Å². The summed E-state index contributed by atoms with van der Waals surface area (Å²) >= 11 is 0. The molecule has 1 aliphatic rings. The van der Waals surface area contributed by atoms with Gasteiger partial charge in [-0.05, 0) is 17.8 Å². The van der Waals surface area contributed by atoms with Crippen LogP contribution in [0.5, 0.6) is 0 Å². The molecule has 2 atom stereocenters. The van der Waals surface area contributed by atoms with Gasteiger partial charge in [0.25, 0.3) is 0 Å². The average Bonchev–Trinajstić information content (AvgIpc) is 2.01. The Morgan fingerprint density at radius 3 is 2.15 bits per heavy atom. The van der Waals surface area contributed by atoms with Gasteiger partial charge < -0.3 is 0 Å². The zero-order valence-electron chi connectivity index (χ0n) is 9.68. The first kappa shape index (κ1) is 11.1. The van der Waals surface area contributed by atoms with Gasteiger partial charge in [0.15, 0.2) is 0 Å². The Kier molecular flexibility index (Phi) is 4.83. The van der Waals surface area contributed by atoms with Crippen molar-refractivity contribution in [1.82, 2.24) is 0 Å². The fourth-order valence-electron chi connectivity index (χ4n) is 2.30. The average molecular weight is 182 g/mol. The van der Waals surface area contributed by atoms with Crippen molar-refractivity contribution in [3.8, 4) is 0 Å². The van der Waals surface area contributed by atoms with Crippen LogP contribution in [0.4, 0.5) is 0 Å². The summed E-state index contributed by atoms with van der Waals surface area (Å²) < 4.78 is 0. The van der Waals surface area contributed by atoms with Gasteiger partial charge in [-0.25, -0.2) is 0 Å². The van der Waals surface area contributed by atoms with Gasteiger partial charge in [0.05, 0.1) is 0 Å². The molecular weight excluding hydrogens is 156 g/mol. The predicted molar refractivity (Wildman–Crippen MR) is 59.8 cm³/mol. The summed E-state index contributed by atoms with van der Waals surface area (Å²) in [5.74, 6) is 3.02. The van der Waals surface area contributed by atoms with Crippen LogP contribution in [-0.2, 0) is 0 Å². The molecule has 78 valence electrons. The Bertz CT molecular complexity index is 124. The van der Waals surface area contributed by atoms with Crippen LogP contribution in [0, 0.1) is 17.8 Å². The first-order valence-corrected chi connectivity index (χ1v) is 6.24. The highest BCUT2D eigenvalue weighted by Crippen LogP contribution is 2.33. The SMILES string of the molecule is CCCC(C)C(C)CCC1CCC1. The third-order valence-electron chi connectivity index (χ3n) is 3.97. The lowest BCUT2D eigenvalue weighted by Crippen LogP contribution is -2.14. The highest BCUT2D eigenvalue weighted by Gasteiger charge is 2.19. The maximum absolute atomic E-state index is 2.44. The van der Waals surface area contributed by atoms with Gasteiger partial charge in [0.2, 0.25) is 0 Å². The monoisotopic (exact) mass is 182 g/mol. The van der Waals surface area contributed by atoms with E-state index in [1.807, 2.05) is 0 Å².